The first-order valence-corrected chi connectivity index (χ1v) is 5.89. The molecule has 1 aromatic rings. The van der Waals surface area contributed by atoms with E-state index in [4.69, 9.17) is 4.52 Å². The fraction of sp³-hybridized carbons (Fsp3) is 0.667. The van der Waals surface area contributed by atoms with Crippen molar-refractivity contribution in [3.05, 3.63) is 17.5 Å². The summed E-state index contributed by atoms with van der Waals surface area (Å²) >= 11 is 0. The van der Waals surface area contributed by atoms with Gasteiger partial charge in [0.15, 0.2) is 0 Å². The number of aliphatic hydroxyl groups is 1. The van der Waals surface area contributed by atoms with Crippen molar-refractivity contribution in [3.8, 4) is 0 Å². The largest absolute Gasteiger partial charge is 0.396 e. The average molecular weight is 240 g/mol. The van der Waals surface area contributed by atoms with Crippen LogP contribution in [0.1, 0.15) is 42.9 Å². The van der Waals surface area contributed by atoms with E-state index in [1.165, 1.54) is 0 Å². The Morgan fingerprint density at radius 1 is 1.53 bits per heavy atom. The zero-order valence-electron chi connectivity index (χ0n) is 10.6. The summed E-state index contributed by atoms with van der Waals surface area (Å²) in [6, 6.07) is 1.59. The second-order valence-corrected chi connectivity index (χ2v) is 4.38. The lowest BCUT2D eigenvalue weighted by molar-refractivity contribution is 0.0820. The van der Waals surface area contributed by atoms with E-state index >= 15 is 0 Å². The molecule has 1 aromatic heterocycles. The Morgan fingerprint density at radius 3 is 2.59 bits per heavy atom. The van der Waals surface area contributed by atoms with Crippen molar-refractivity contribution in [2.75, 3.05) is 13.2 Å². The summed E-state index contributed by atoms with van der Waals surface area (Å²) in [5, 5.41) is 15.8. The molecule has 0 fully saturated rings. The summed E-state index contributed by atoms with van der Waals surface area (Å²) in [6.07, 6.45) is 1.63. The van der Waals surface area contributed by atoms with Crippen LogP contribution in [0.2, 0.25) is 0 Å². The van der Waals surface area contributed by atoms with Crippen molar-refractivity contribution in [2.45, 2.75) is 33.6 Å². The summed E-state index contributed by atoms with van der Waals surface area (Å²) in [4.78, 5) is 11.7. The van der Waals surface area contributed by atoms with Gasteiger partial charge < -0.3 is 14.9 Å². The molecule has 1 heterocycles. The van der Waals surface area contributed by atoms with Crippen molar-refractivity contribution in [2.24, 2.45) is 5.41 Å². The third kappa shape index (κ3) is 3.30. The summed E-state index contributed by atoms with van der Waals surface area (Å²) in [5.74, 6) is -0.0770. The highest BCUT2D eigenvalue weighted by Gasteiger charge is 2.26. The summed E-state index contributed by atoms with van der Waals surface area (Å²) in [7, 11) is 0. The maximum absolute atomic E-state index is 11.7. The molecule has 0 aliphatic carbocycles. The molecular weight excluding hydrogens is 220 g/mol. The van der Waals surface area contributed by atoms with Crippen molar-refractivity contribution >= 4 is 5.91 Å². The lowest BCUT2D eigenvalue weighted by Crippen LogP contribution is -2.39. The molecule has 0 saturated heterocycles. The van der Waals surface area contributed by atoms with E-state index in [9.17, 15) is 9.90 Å². The molecule has 5 heteroatoms. The molecule has 0 spiro atoms. The number of aryl methyl sites for hydroxylation is 1. The predicted octanol–water partition coefficient (Wildman–Crippen LogP) is 1.51. The average Bonchev–Trinajstić information content (AvgIpc) is 2.78. The van der Waals surface area contributed by atoms with E-state index < -0.39 is 0 Å². The fourth-order valence-corrected chi connectivity index (χ4v) is 1.61. The zero-order chi connectivity index (χ0) is 12.9. The van der Waals surface area contributed by atoms with E-state index in [2.05, 4.69) is 10.5 Å². The molecule has 1 amide bonds. The number of carbonyl (C=O) groups excluding carboxylic acids is 1. The maximum atomic E-state index is 11.7. The van der Waals surface area contributed by atoms with Crippen LogP contribution in [0.4, 0.5) is 0 Å². The zero-order valence-corrected chi connectivity index (χ0v) is 10.6. The number of hydrogen-bond donors (Lipinski definition) is 2. The second kappa shape index (κ2) is 5.82. The first-order chi connectivity index (χ1) is 8.06. The van der Waals surface area contributed by atoms with Crippen LogP contribution in [0.25, 0.3) is 0 Å². The van der Waals surface area contributed by atoms with Crippen LogP contribution in [0.5, 0.6) is 0 Å². The van der Waals surface area contributed by atoms with Crippen molar-refractivity contribution in [1.29, 1.82) is 0 Å². The minimum absolute atomic E-state index is 0.0652. The van der Waals surface area contributed by atoms with Crippen LogP contribution in [0.3, 0.4) is 0 Å². The standard InChI is InChI=1S/C12H20N2O3/c1-4-12(5-2,8-15)7-13-11(16)10-6-9(3)14-17-10/h6,15H,4-5,7-8H2,1-3H3,(H,13,16). The summed E-state index contributed by atoms with van der Waals surface area (Å²) in [6.45, 7) is 6.27. The molecule has 96 valence electrons. The third-order valence-corrected chi connectivity index (χ3v) is 3.31. The number of aliphatic hydroxyl groups excluding tert-OH is 1. The monoisotopic (exact) mass is 240 g/mol. The summed E-state index contributed by atoms with van der Waals surface area (Å²) < 4.78 is 4.87. The highest BCUT2D eigenvalue weighted by atomic mass is 16.5. The van der Waals surface area contributed by atoms with Crippen LogP contribution in [0.15, 0.2) is 10.6 Å². The number of nitrogens with zero attached hydrogens (tertiary/aromatic N) is 1. The number of aromatic nitrogens is 1. The van der Waals surface area contributed by atoms with Crippen molar-refractivity contribution < 1.29 is 14.4 Å². The van der Waals surface area contributed by atoms with Crippen LogP contribution < -0.4 is 5.32 Å². The Kier molecular flexibility index (Phi) is 4.69. The van der Waals surface area contributed by atoms with Crippen molar-refractivity contribution in [3.63, 3.8) is 0 Å². The smallest absolute Gasteiger partial charge is 0.289 e. The predicted molar refractivity (Wildman–Crippen MR) is 63.7 cm³/mol. The van der Waals surface area contributed by atoms with Gasteiger partial charge >= 0.3 is 0 Å². The van der Waals surface area contributed by atoms with Crippen LogP contribution in [-0.2, 0) is 0 Å². The Labute approximate surface area is 101 Å². The van der Waals surface area contributed by atoms with Gasteiger partial charge in [0.1, 0.15) is 0 Å². The quantitative estimate of drug-likeness (QED) is 0.790. The van der Waals surface area contributed by atoms with E-state index in [-0.39, 0.29) is 23.7 Å². The Bertz CT molecular complexity index is 361. The second-order valence-electron chi connectivity index (χ2n) is 4.38. The molecule has 1 rings (SSSR count). The van der Waals surface area contributed by atoms with Gasteiger partial charge in [0, 0.05) is 18.0 Å². The van der Waals surface area contributed by atoms with E-state index in [0.29, 0.717) is 12.2 Å². The van der Waals surface area contributed by atoms with Gasteiger partial charge in [0.2, 0.25) is 5.76 Å². The molecule has 17 heavy (non-hydrogen) atoms. The lowest BCUT2D eigenvalue weighted by atomic mass is 9.83. The minimum Gasteiger partial charge on any atom is -0.396 e. The number of rotatable bonds is 6. The van der Waals surface area contributed by atoms with E-state index in [1.807, 2.05) is 13.8 Å². The number of amides is 1. The highest BCUT2D eigenvalue weighted by molar-refractivity contribution is 5.91. The van der Waals surface area contributed by atoms with Gasteiger partial charge in [-0.2, -0.15) is 0 Å². The minimum atomic E-state index is -0.287. The van der Waals surface area contributed by atoms with E-state index in [0.717, 1.165) is 12.8 Å². The molecule has 0 bridgehead atoms. The van der Waals surface area contributed by atoms with Gasteiger partial charge in [-0.1, -0.05) is 19.0 Å². The maximum Gasteiger partial charge on any atom is 0.289 e. The summed E-state index contributed by atoms with van der Waals surface area (Å²) in [5.41, 5.74) is 0.430. The van der Waals surface area contributed by atoms with Crippen LogP contribution >= 0.6 is 0 Å². The molecular formula is C12H20N2O3. The first kappa shape index (κ1) is 13.7. The van der Waals surface area contributed by atoms with Gasteiger partial charge in [-0.3, -0.25) is 4.79 Å². The Hall–Kier alpha value is -1.36. The fourth-order valence-electron chi connectivity index (χ4n) is 1.61. The van der Waals surface area contributed by atoms with Gasteiger partial charge in [0.25, 0.3) is 5.91 Å². The third-order valence-electron chi connectivity index (χ3n) is 3.31. The van der Waals surface area contributed by atoms with Crippen molar-refractivity contribution in [1.82, 2.24) is 10.5 Å². The van der Waals surface area contributed by atoms with Gasteiger partial charge in [-0.05, 0) is 19.8 Å². The molecule has 0 atom stereocenters. The van der Waals surface area contributed by atoms with Crippen LogP contribution in [0, 0.1) is 12.3 Å². The molecule has 0 aliphatic rings. The molecule has 5 nitrogen and oxygen atoms in total. The number of carbonyl (C=O) groups is 1. The normalized spacial score (nSPS) is 11.5. The Balaban J connectivity index is 2.58. The highest BCUT2D eigenvalue weighted by Crippen LogP contribution is 2.24. The number of nitrogens with one attached hydrogen (secondary N) is 1. The molecule has 0 saturated carbocycles. The molecule has 0 aliphatic heterocycles. The SMILES string of the molecule is CCC(CC)(CO)CNC(=O)c1cc(C)no1. The molecule has 0 unspecified atom stereocenters. The lowest BCUT2D eigenvalue weighted by Gasteiger charge is -2.29. The molecule has 2 N–H and O–H groups in total. The topological polar surface area (TPSA) is 75.4 Å². The van der Waals surface area contributed by atoms with E-state index in [1.54, 1.807) is 13.0 Å². The first-order valence-electron chi connectivity index (χ1n) is 5.89. The van der Waals surface area contributed by atoms with Crippen LogP contribution in [-0.4, -0.2) is 29.3 Å². The molecule has 0 radical (unpaired) electrons. The van der Waals surface area contributed by atoms with Gasteiger partial charge in [0.05, 0.1) is 12.3 Å². The van der Waals surface area contributed by atoms with Gasteiger partial charge in [-0.15, -0.1) is 0 Å². The number of hydrogen-bond acceptors (Lipinski definition) is 4. The molecule has 0 aromatic carbocycles. The Morgan fingerprint density at radius 2 is 2.18 bits per heavy atom. The van der Waals surface area contributed by atoms with Gasteiger partial charge in [-0.25, -0.2) is 0 Å².